The minimum atomic E-state index is -0.750. The summed E-state index contributed by atoms with van der Waals surface area (Å²) in [4.78, 5) is 54.1. The molecule has 0 radical (unpaired) electrons. The van der Waals surface area contributed by atoms with Crippen LogP contribution in [-0.2, 0) is 43.7 Å². The monoisotopic (exact) mass is 724 g/mol. The molecule has 0 aromatic rings. The van der Waals surface area contributed by atoms with Crippen LogP contribution in [0.1, 0.15) is 56.9 Å². The molecule has 0 aromatic carbocycles. The van der Waals surface area contributed by atoms with Crippen LogP contribution >= 0.6 is 0 Å². The number of aliphatic hydroxyl groups excluding tert-OH is 6. The number of nitrogens with one attached hydrogen (secondary N) is 2. The molecule has 0 aliphatic rings. The first-order chi connectivity index (χ1) is 21.5. The van der Waals surface area contributed by atoms with Crippen LogP contribution in [0.4, 0.5) is 0 Å². The molecule has 0 aliphatic heterocycles. The Kier molecular flexibility index (Phi) is 273. The van der Waals surface area contributed by atoms with Gasteiger partial charge in [0.15, 0.2) is 6.79 Å². The van der Waals surface area contributed by atoms with Gasteiger partial charge in [-0.15, -0.1) is 0 Å². The van der Waals surface area contributed by atoms with E-state index in [1.807, 2.05) is 20.8 Å². The van der Waals surface area contributed by atoms with Crippen molar-refractivity contribution < 1.29 is 84.5 Å². The van der Waals surface area contributed by atoms with E-state index in [4.69, 9.17) is 46.1 Å². The molecule has 0 aliphatic carbocycles. The topological polar surface area (TPSA) is 346 Å². The summed E-state index contributed by atoms with van der Waals surface area (Å²) in [5.41, 5.74) is 0. The molecule has 0 atom stereocenters. The molecule has 10 N–H and O–H groups in total. The predicted octanol–water partition coefficient (Wildman–Crippen LogP) is -0.789. The Balaban J connectivity index is -0.0000000280. The Labute approximate surface area is 286 Å². The van der Waals surface area contributed by atoms with Crippen LogP contribution in [0.5, 0.6) is 0 Å². The van der Waals surface area contributed by atoms with Crippen molar-refractivity contribution in [2.24, 2.45) is 15.0 Å². The molecule has 0 aromatic heterocycles. The third kappa shape index (κ3) is 263. The van der Waals surface area contributed by atoms with Gasteiger partial charge < -0.3 is 50.5 Å². The summed E-state index contributed by atoms with van der Waals surface area (Å²) in [6.07, 6.45) is 5.82. The van der Waals surface area contributed by atoms with Gasteiger partial charge in [0.1, 0.15) is 33.7 Å². The molecule has 23 nitrogen and oxygen atoms in total. The molecule has 23 heteroatoms. The lowest BCUT2D eigenvalue weighted by Crippen LogP contribution is -2.17. The summed E-state index contributed by atoms with van der Waals surface area (Å²) in [5, 5.41) is 71.4. The fraction of sp³-hybridized carbons (Fsp3) is 0.840. The largest absolute Gasteiger partial charge is 0.403 e. The maximum absolute atomic E-state index is 9.43. The van der Waals surface area contributed by atoms with Gasteiger partial charge in [0.25, 0.3) is 6.26 Å². The lowest BCUT2D eigenvalue weighted by atomic mass is 10.5. The van der Waals surface area contributed by atoms with Crippen molar-refractivity contribution in [3.05, 3.63) is 0 Å². The number of isocyanates is 2. The van der Waals surface area contributed by atoms with Crippen molar-refractivity contribution in [2.75, 3.05) is 89.0 Å². The molecule has 0 heterocycles. The highest BCUT2D eigenvalue weighted by Gasteiger charge is 1.82. The highest BCUT2D eigenvalue weighted by molar-refractivity contribution is 5.44. The number of aliphatic hydroxyl groups is 8. The Hall–Kier alpha value is -3.08. The van der Waals surface area contributed by atoms with Crippen molar-refractivity contribution >= 4 is 18.6 Å². The van der Waals surface area contributed by atoms with Crippen molar-refractivity contribution in [1.82, 2.24) is 10.6 Å². The highest BCUT2D eigenvalue weighted by atomic mass is 17.2. The maximum Gasteiger partial charge on any atom is 0.288 e. The van der Waals surface area contributed by atoms with Gasteiger partial charge in [-0.1, -0.05) is 50.5 Å². The fourth-order valence-electron chi connectivity index (χ4n) is 0.661. The zero-order valence-electron chi connectivity index (χ0n) is 26.2. The quantitative estimate of drug-likeness (QED) is 0.0136. The number of nitriles is 1. The third-order valence-electron chi connectivity index (χ3n) is 1.74. The number of carbonyl (C=O) groups excluding carboxylic acids is 2. The average molecular weight is 725 g/mol. The summed E-state index contributed by atoms with van der Waals surface area (Å²) < 4.78 is 3.95. The van der Waals surface area contributed by atoms with E-state index in [2.05, 4.69) is 59.7 Å². The number of hydrogen-bond acceptors (Lipinski definition) is 23. The van der Waals surface area contributed by atoms with Gasteiger partial charge in [-0.2, -0.15) is 20.1 Å². The van der Waals surface area contributed by atoms with Gasteiger partial charge in [0.05, 0.1) is 20.9 Å². The van der Waals surface area contributed by atoms with E-state index < -0.39 is 20.4 Å². The van der Waals surface area contributed by atoms with Crippen LogP contribution in [-0.4, -0.2) is 148 Å². The first-order valence-corrected chi connectivity index (χ1v) is 11.6. The van der Waals surface area contributed by atoms with E-state index in [9.17, 15) is 9.59 Å². The van der Waals surface area contributed by atoms with Crippen LogP contribution in [0.3, 0.4) is 0 Å². The molecule has 0 fully saturated rings. The smallest absolute Gasteiger partial charge is 0.288 e. The molecular formula is C25H68N6O17. The van der Waals surface area contributed by atoms with Crippen molar-refractivity contribution in [3.8, 4) is 6.26 Å². The number of nitrogens with zero attached hydrogens (tertiary/aromatic N) is 4. The molecule has 48 heavy (non-hydrogen) atoms. The average Bonchev–Trinajstić information content (AvgIpc) is 3.07. The zero-order chi connectivity index (χ0) is 36.4. The minimum absolute atomic E-state index is 0. The molecule has 0 rings (SSSR count). The first-order valence-electron chi connectivity index (χ1n) is 11.6. The molecule has 0 amide bonds. The summed E-state index contributed by atoms with van der Waals surface area (Å²) in [5.74, 6) is 0. The van der Waals surface area contributed by atoms with Gasteiger partial charge in [0.2, 0.25) is 25.3 Å². The van der Waals surface area contributed by atoms with E-state index in [0.717, 1.165) is 27.0 Å². The molecular weight excluding hydrogens is 656 g/mol. The van der Waals surface area contributed by atoms with Gasteiger partial charge in [0, 0.05) is 20.8 Å². The summed E-state index contributed by atoms with van der Waals surface area (Å²) >= 11 is 0. The second-order valence-corrected chi connectivity index (χ2v) is 4.18. The van der Waals surface area contributed by atoms with Crippen molar-refractivity contribution in [3.63, 3.8) is 0 Å². The van der Waals surface area contributed by atoms with Crippen LogP contribution in [0.15, 0.2) is 15.0 Å². The standard InChI is InChI=1S/C5H12N2O5.C4H8N2O3.C3H2N2O2.C3H8O.C2H6.2CH4O2.2CH4O.4CH4/c1-9-10-3-6-2-7-4-11-12-5-8;1-8-9-4-6-2-5-3-7;4-1-7-3-5-2-6;1-2-3-4;1-2;2*2-1-3;2*1-2;;;;/h4,6,8H,2-3,5H2,1H3;6H,2,4H2,1H3;3H2;4H,2-3H2,1H3;1-2H3;2*2-3H,1H2;2*2H,1H3;4*1H4. The predicted molar refractivity (Wildman–Crippen MR) is 178 cm³/mol. The van der Waals surface area contributed by atoms with Gasteiger partial charge in [-0.3, -0.25) is 10.6 Å². The number of aliphatic imine (C=N–C) groups is 3. The molecule has 0 bridgehead atoms. The SMILES string of the molecule is C.C.C.C.CC.CCCO.CO.CO.COOCNCN=C=O.COOCNCN=COOCO.N#COCN=C=O.OCO.OCO. The first kappa shape index (κ1) is 85.0. The number of rotatable bonds is 16. The second-order valence-electron chi connectivity index (χ2n) is 4.18. The number of ether oxygens (including phenoxy) is 1. The highest BCUT2D eigenvalue weighted by Crippen LogP contribution is 1.72. The number of hydrogen-bond donors (Lipinski definition) is 10. The lowest BCUT2D eigenvalue weighted by Gasteiger charge is -1.98. The molecule has 300 valence electrons. The Bertz CT molecular complexity index is 538. The van der Waals surface area contributed by atoms with Crippen molar-refractivity contribution in [2.45, 2.75) is 56.9 Å². The zero-order valence-corrected chi connectivity index (χ0v) is 26.2. The Morgan fingerprint density at radius 3 is 1.40 bits per heavy atom. The van der Waals surface area contributed by atoms with Gasteiger partial charge in [-0.25, -0.2) is 34.1 Å². The molecule has 0 unspecified atom stereocenters. The molecule has 0 saturated carbocycles. The Morgan fingerprint density at radius 1 is 0.729 bits per heavy atom. The summed E-state index contributed by atoms with van der Waals surface area (Å²) in [7, 11) is 4.80. The maximum atomic E-state index is 9.43. The van der Waals surface area contributed by atoms with Crippen LogP contribution in [0, 0.1) is 11.5 Å². The minimum Gasteiger partial charge on any atom is -0.403 e. The van der Waals surface area contributed by atoms with E-state index in [1.54, 1.807) is 0 Å². The fourth-order valence-corrected chi connectivity index (χ4v) is 0.661. The third-order valence-corrected chi connectivity index (χ3v) is 1.74. The molecule has 0 spiro atoms. The summed E-state index contributed by atoms with van der Waals surface area (Å²) in [6, 6.07) is 0. The Morgan fingerprint density at radius 2 is 1.10 bits per heavy atom. The normalized spacial score (nSPS) is 6.88. The van der Waals surface area contributed by atoms with Crippen molar-refractivity contribution in [1.29, 1.82) is 5.26 Å². The van der Waals surface area contributed by atoms with E-state index >= 15 is 0 Å². The second kappa shape index (κ2) is 154. The summed E-state index contributed by atoms with van der Waals surface area (Å²) in [6.45, 7) is 4.97. The van der Waals surface area contributed by atoms with Crippen LogP contribution in [0.2, 0.25) is 0 Å². The van der Waals surface area contributed by atoms with Crippen LogP contribution in [0.25, 0.3) is 0 Å². The lowest BCUT2D eigenvalue weighted by molar-refractivity contribution is -0.276. The van der Waals surface area contributed by atoms with E-state index in [-0.39, 0.29) is 56.6 Å². The van der Waals surface area contributed by atoms with Gasteiger partial charge >= 0.3 is 0 Å². The van der Waals surface area contributed by atoms with Gasteiger partial charge in [-0.05, 0) is 6.42 Å². The van der Waals surface area contributed by atoms with E-state index in [0.29, 0.717) is 13.3 Å². The van der Waals surface area contributed by atoms with Crippen LogP contribution < -0.4 is 10.6 Å². The van der Waals surface area contributed by atoms with E-state index in [1.165, 1.54) is 32.6 Å². The molecule has 0 saturated heterocycles.